The second-order valence-corrected chi connectivity index (χ2v) is 6.53. The van der Waals surface area contributed by atoms with Crippen LogP contribution in [0.2, 0.25) is 0 Å². The van der Waals surface area contributed by atoms with E-state index in [1.165, 1.54) is 32.1 Å². The largest absolute Gasteiger partial charge is 0.244 e. The van der Waals surface area contributed by atoms with E-state index in [1.807, 2.05) is 37.4 Å². The van der Waals surface area contributed by atoms with E-state index in [0.717, 1.165) is 28.1 Å². The number of aryl methyl sites for hydroxylation is 1. The minimum atomic E-state index is 0.482. The lowest BCUT2D eigenvalue weighted by molar-refractivity contribution is 0.335. The number of aromatic nitrogens is 4. The van der Waals surface area contributed by atoms with E-state index >= 15 is 0 Å². The molecule has 1 aliphatic carbocycles. The molecule has 1 aromatic carbocycles. The average Bonchev–Trinajstić information content (AvgIpc) is 2.98. The standard InChI is InChI=1S/C20H22N4/c1-15-18-14-21-19(13-12-16-8-4-2-5-9-16)22-20(18)24(23-15)17-10-6-3-7-11-17/h2,4-5,8-9,12-14,17H,3,6-7,10-11H2,1H3/b13-12+. The number of rotatable bonds is 3. The summed E-state index contributed by atoms with van der Waals surface area (Å²) >= 11 is 0. The molecule has 1 aliphatic rings. The van der Waals surface area contributed by atoms with Crippen LogP contribution in [0.4, 0.5) is 0 Å². The van der Waals surface area contributed by atoms with Crippen LogP contribution in [0.1, 0.15) is 55.2 Å². The molecule has 24 heavy (non-hydrogen) atoms. The van der Waals surface area contributed by atoms with Gasteiger partial charge >= 0.3 is 0 Å². The van der Waals surface area contributed by atoms with Crippen LogP contribution < -0.4 is 0 Å². The van der Waals surface area contributed by atoms with Crippen molar-refractivity contribution >= 4 is 23.2 Å². The Labute approximate surface area is 142 Å². The summed E-state index contributed by atoms with van der Waals surface area (Å²) in [6.07, 6.45) is 12.3. The Morgan fingerprint density at radius 1 is 1.04 bits per heavy atom. The average molecular weight is 318 g/mol. The van der Waals surface area contributed by atoms with E-state index in [4.69, 9.17) is 10.1 Å². The summed E-state index contributed by atoms with van der Waals surface area (Å²) in [6, 6.07) is 10.7. The van der Waals surface area contributed by atoms with Crippen LogP contribution >= 0.6 is 0 Å². The number of fused-ring (bicyclic) bond motifs is 1. The molecule has 0 N–H and O–H groups in total. The highest BCUT2D eigenvalue weighted by Gasteiger charge is 2.20. The Morgan fingerprint density at radius 2 is 1.83 bits per heavy atom. The molecular weight excluding hydrogens is 296 g/mol. The third-order valence-corrected chi connectivity index (χ3v) is 4.80. The summed E-state index contributed by atoms with van der Waals surface area (Å²) in [5.41, 5.74) is 3.15. The molecule has 0 unspecified atom stereocenters. The predicted molar refractivity (Wildman–Crippen MR) is 97.6 cm³/mol. The number of hydrogen-bond donors (Lipinski definition) is 0. The fraction of sp³-hybridized carbons (Fsp3) is 0.350. The molecule has 0 radical (unpaired) electrons. The third kappa shape index (κ3) is 2.96. The molecule has 0 aliphatic heterocycles. The Morgan fingerprint density at radius 3 is 2.62 bits per heavy atom. The summed E-state index contributed by atoms with van der Waals surface area (Å²) in [5.74, 6) is 0.739. The van der Waals surface area contributed by atoms with Gasteiger partial charge in [-0.3, -0.25) is 0 Å². The van der Waals surface area contributed by atoms with Crippen molar-refractivity contribution in [2.24, 2.45) is 0 Å². The lowest BCUT2D eigenvalue weighted by atomic mass is 9.96. The van der Waals surface area contributed by atoms with Crippen LogP contribution in [-0.2, 0) is 0 Å². The van der Waals surface area contributed by atoms with Gasteiger partial charge in [0, 0.05) is 6.20 Å². The molecule has 2 heterocycles. The Hall–Kier alpha value is -2.49. The maximum absolute atomic E-state index is 4.79. The maximum Gasteiger partial charge on any atom is 0.162 e. The zero-order valence-corrected chi connectivity index (χ0v) is 14.0. The third-order valence-electron chi connectivity index (χ3n) is 4.80. The van der Waals surface area contributed by atoms with Gasteiger partial charge in [0.2, 0.25) is 0 Å². The van der Waals surface area contributed by atoms with E-state index in [2.05, 4.69) is 27.9 Å². The van der Waals surface area contributed by atoms with Crippen molar-refractivity contribution in [3.05, 3.63) is 53.6 Å². The summed E-state index contributed by atoms with van der Waals surface area (Å²) in [4.78, 5) is 9.28. The van der Waals surface area contributed by atoms with Gasteiger partial charge in [0.25, 0.3) is 0 Å². The molecule has 1 fully saturated rings. The van der Waals surface area contributed by atoms with Gasteiger partial charge in [-0.05, 0) is 31.4 Å². The molecule has 1 saturated carbocycles. The smallest absolute Gasteiger partial charge is 0.162 e. The lowest BCUT2D eigenvalue weighted by Gasteiger charge is -2.22. The first-order valence-corrected chi connectivity index (χ1v) is 8.76. The molecule has 122 valence electrons. The van der Waals surface area contributed by atoms with Crippen LogP contribution in [0.5, 0.6) is 0 Å². The summed E-state index contributed by atoms with van der Waals surface area (Å²) in [7, 11) is 0. The van der Waals surface area contributed by atoms with E-state index in [1.54, 1.807) is 0 Å². The van der Waals surface area contributed by atoms with Gasteiger partial charge in [0.05, 0.1) is 17.1 Å². The normalized spacial score (nSPS) is 16.2. The van der Waals surface area contributed by atoms with Gasteiger partial charge in [0.1, 0.15) is 0 Å². The van der Waals surface area contributed by atoms with E-state index in [-0.39, 0.29) is 0 Å². The minimum Gasteiger partial charge on any atom is -0.244 e. The van der Waals surface area contributed by atoms with E-state index in [9.17, 15) is 0 Å². The molecule has 4 nitrogen and oxygen atoms in total. The van der Waals surface area contributed by atoms with Crippen molar-refractivity contribution in [2.75, 3.05) is 0 Å². The zero-order chi connectivity index (χ0) is 16.4. The Kier molecular flexibility index (Phi) is 4.11. The first kappa shape index (κ1) is 15.1. The topological polar surface area (TPSA) is 43.6 Å². The Balaban J connectivity index is 1.70. The highest BCUT2D eigenvalue weighted by Crippen LogP contribution is 2.30. The highest BCUT2D eigenvalue weighted by atomic mass is 15.3. The fourth-order valence-electron chi connectivity index (χ4n) is 3.47. The first-order chi connectivity index (χ1) is 11.8. The summed E-state index contributed by atoms with van der Waals surface area (Å²) in [5, 5.41) is 5.83. The van der Waals surface area contributed by atoms with Crippen LogP contribution in [0.15, 0.2) is 36.5 Å². The molecule has 0 bridgehead atoms. The SMILES string of the molecule is Cc1nn(C2CCCCC2)c2nc(/C=C/c3ccccc3)ncc12. The highest BCUT2D eigenvalue weighted by molar-refractivity contribution is 5.79. The number of nitrogens with zero attached hydrogens (tertiary/aromatic N) is 4. The number of hydrogen-bond acceptors (Lipinski definition) is 3. The molecule has 0 atom stereocenters. The van der Waals surface area contributed by atoms with E-state index in [0.29, 0.717) is 6.04 Å². The first-order valence-electron chi connectivity index (χ1n) is 8.76. The molecule has 2 aromatic heterocycles. The van der Waals surface area contributed by atoms with Crippen molar-refractivity contribution in [3.8, 4) is 0 Å². The molecule has 0 spiro atoms. The predicted octanol–water partition coefficient (Wildman–Crippen LogP) is 4.81. The van der Waals surface area contributed by atoms with Crippen LogP contribution in [0.3, 0.4) is 0 Å². The van der Waals surface area contributed by atoms with Crippen molar-refractivity contribution in [3.63, 3.8) is 0 Å². The Bertz CT molecular complexity index is 858. The van der Waals surface area contributed by atoms with Gasteiger partial charge in [-0.1, -0.05) is 55.7 Å². The van der Waals surface area contributed by atoms with Crippen molar-refractivity contribution in [1.82, 2.24) is 19.7 Å². The van der Waals surface area contributed by atoms with Crippen molar-refractivity contribution in [2.45, 2.75) is 45.1 Å². The van der Waals surface area contributed by atoms with Crippen molar-refractivity contribution in [1.29, 1.82) is 0 Å². The number of benzene rings is 1. The lowest BCUT2D eigenvalue weighted by Crippen LogP contribution is -2.14. The molecule has 4 rings (SSSR count). The van der Waals surface area contributed by atoms with Gasteiger partial charge < -0.3 is 0 Å². The van der Waals surface area contributed by atoms with Crippen LogP contribution in [0, 0.1) is 6.92 Å². The molecule has 0 amide bonds. The van der Waals surface area contributed by atoms with Crippen LogP contribution in [0.25, 0.3) is 23.2 Å². The molecule has 0 saturated heterocycles. The van der Waals surface area contributed by atoms with Gasteiger partial charge in [-0.15, -0.1) is 0 Å². The van der Waals surface area contributed by atoms with Gasteiger partial charge in [-0.25, -0.2) is 14.6 Å². The molecule has 4 heteroatoms. The maximum atomic E-state index is 4.79. The molecule has 3 aromatic rings. The van der Waals surface area contributed by atoms with E-state index < -0.39 is 0 Å². The van der Waals surface area contributed by atoms with Crippen molar-refractivity contribution < 1.29 is 0 Å². The summed E-state index contributed by atoms with van der Waals surface area (Å²) < 4.78 is 2.14. The van der Waals surface area contributed by atoms with Gasteiger partial charge in [0.15, 0.2) is 11.5 Å². The second kappa shape index (κ2) is 6.56. The minimum absolute atomic E-state index is 0.482. The monoisotopic (exact) mass is 318 g/mol. The van der Waals surface area contributed by atoms with Crippen LogP contribution in [-0.4, -0.2) is 19.7 Å². The zero-order valence-electron chi connectivity index (χ0n) is 14.0. The molecular formula is C20H22N4. The quantitative estimate of drug-likeness (QED) is 0.696. The second-order valence-electron chi connectivity index (χ2n) is 6.53. The summed E-state index contributed by atoms with van der Waals surface area (Å²) in [6.45, 7) is 2.05. The van der Waals surface area contributed by atoms with Gasteiger partial charge in [-0.2, -0.15) is 5.10 Å². The fourth-order valence-corrected chi connectivity index (χ4v) is 3.47.